The molecule has 0 saturated carbocycles. The topological polar surface area (TPSA) is 0 Å². The van der Waals surface area contributed by atoms with E-state index in [2.05, 4.69) is 69.6 Å². The van der Waals surface area contributed by atoms with Crippen molar-refractivity contribution in [2.75, 3.05) is 0 Å². The third-order valence-electron chi connectivity index (χ3n) is 3.40. The zero-order chi connectivity index (χ0) is 25.5. The molecule has 0 fully saturated rings. The van der Waals surface area contributed by atoms with Crippen LogP contribution in [0.1, 0.15) is 0 Å². The van der Waals surface area contributed by atoms with Crippen LogP contribution in [0.15, 0.2) is 179 Å². The van der Waals surface area contributed by atoms with Crippen LogP contribution in [0.4, 0.5) is 0 Å². The van der Waals surface area contributed by atoms with Gasteiger partial charge in [-0.2, -0.15) is 0 Å². The van der Waals surface area contributed by atoms with Crippen LogP contribution in [0, 0.1) is 0 Å². The first-order valence-corrected chi connectivity index (χ1v) is 17.3. The van der Waals surface area contributed by atoms with E-state index < -0.39 is 0 Å². The molecule has 0 spiro atoms. The van der Waals surface area contributed by atoms with Gasteiger partial charge in [0.05, 0.1) is 0 Å². The average molecular weight is 672 g/mol. The molecule has 186 valence electrons. The maximum Gasteiger partial charge on any atom is 0 e. The first-order valence-electron chi connectivity index (χ1n) is 11.1. The zero-order valence-electron chi connectivity index (χ0n) is 20.4. The molecule has 0 aromatic carbocycles. The number of rotatable bonds is 0. The normalized spacial score (nSPS) is 7.78. The summed E-state index contributed by atoms with van der Waals surface area (Å²) in [4.78, 5) is 0. The summed E-state index contributed by atoms with van der Waals surface area (Å²) in [7, 11) is 7.84. The Morgan fingerprint density at radius 2 is 0.270 bits per heavy atom. The Morgan fingerprint density at radius 3 is 0.297 bits per heavy atom. The van der Waals surface area contributed by atoms with Crippen molar-refractivity contribution in [1.29, 1.82) is 0 Å². The van der Waals surface area contributed by atoms with Gasteiger partial charge in [0, 0.05) is 21.1 Å². The van der Waals surface area contributed by atoms with Gasteiger partial charge in [-0.3, -0.25) is 0 Å². The SMILES string of the molecule is [Mo].c1ccpcc1.c1ccpcc1.c1ccpcc1.c1ccpcc1.c1ccpcc1.c1ccpcc1. The van der Waals surface area contributed by atoms with Gasteiger partial charge >= 0.3 is 0 Å². The molecule has 0 amide bonds. The van der Waals surface area contributed by atoms with Crippen molar-refractivity contribution in [1.82, 2.24) is 0 Å². The first kappa shape index (κ1) is 35.6. The summed E-state index contributed by atoms with van der Waals surface area (Å²) in [6.07, 6.45) is 0. The molecule has 0 radical (unpaired) electrons. The minimum atomic E-state index is 0. The molecule has 0 atom stereocenters. The fourth-order valence-electron chi connectivity index (χ4n) is 1.88. The van der Waals surface area contributed by atoms with Crippen molar-refractivity contribution in [3.05, 3.63) is 179 Å². The van der Waals surface area contributed by atoms with Gasteiger partial charge in [-0.1, -0.05) is 158 Å². The van der Waals surface area contributed by atoms with Gasteiger partial charge < -0.3 is 0 Å². The maximum absolute atomic E-state index is 2.10. The van der Waals surface area contributed by atoms with Gasteiger partial charge in [0.1, 0.15) is 0 Å². The van der Waals surface area contributed by atoms with E-state index in [0.29, 0.717) is 0 Å². The molecule has 0 aliphatic carbocycles. The van der Waals surface area contributed by atoms with Crippen LogP contribution in [0.5, 0.6) is 0 Å². The Bertz CT molecular complexity index is 706. The van der Waals surface area contributed by atoms with Gasteiger partial charge in [-0.15, -0.1) is 0 Å². The van der Waals surface area contributed by atoms with Crippen LogP contribution in [0.25, 0.3) is 0 Å². The molecule has 37 heavy (non-hydrogen) atoms. The van der Waals surface area contributed by atoms with Crippen molar-refractivity contribution in [2.45, 2.75) is 0 Å². The monoisotopic (exact) mass is 674 g/mol. The number of hydrogen-bond acceptors (Lipinski definition) is 0. The van der Waals surface area contributed by atoms with Crippen LogP contribution in [-0.4, -0.2) is 0 Å². The largest absolute Gasteiger partial charge is 0.0765 e. The van der Waals surface area contributed by atoms with E-state index >= 15 is 0 Å². The smallest absolute Gasteiger partial charge is 0 e. The predicted molar refractivity (Wildman–Crippen MR) is 174 cm³/mol. The summed E-state index contributed by atoms with van der Waals surface area (Å²) < 4.78 is 0. The molecule has 7 heteroatoms. The van der Waals surface area contributed by atoms with Crippen molar-refractivity contribution >= 4 is 49.2 Å². The first-order chi connectivity index (χ1) is 18.0. The summed E-state index contributed by atoms with van der Waals surface area (Å²) in [5, 5.41) is 0. The van der Waals surface area contributed by atoms with E-state index in [4.69, 9.17) is 0 Å². The molecule has 0 nitrogen and oxygen atoms in total. The number of hydrogen-bond donors (Lipinski definition) is 0. The molecular weight excluding hydrogens is 642 g/mol. The van der Waals surface area contributed by atoms with Gasteiger partial charge in [0.2, 0.25) is 0 Å². The Balaban J connectivity index is 0.000000418. The molecule has 6 aromatic rings. The summed E-state index contributed by atoms with van der Waals surface area (Å²) in [5.41, 5.74) is 0. The fraction of sp³-hybridized carbons (Fsp3) is 0. The Labute approximate surface area is 247 Å². The summed E-state index contributed by atoms with van der Waals surface area (Å²) in [5.74, 6) is 25.2. The van der Waals surface area contributed by atoms with Crippen molar-refractivity contribution < 1.29 is 21.1 Å². The van der Waals surface area contributed by atoms with E-state index in [-0.39, 0.29) is 21.1 Å². The second-order valence-electron chi connectivity index (χ2n) is 6.15. The molecule has 6 rings (SSSR count). The maximum atomic E-state index is 2.10. The van der Waals surface area contributed by atoms with Crippen LogP contribution < -0.4 is 0 Å². The van der Waals surface area contributed by atoms with E-state index in [1.54, 1.807) is 0 Å². The minimum Gasteiger partial charge on any atom is -0.0765 e. The molecule has 0 unspecified atom stereocenters. The van der Waals surface area contributed by atoms with Gasteiger partial charge in [0.15, 0.2) is 0 Å². The van der Waals surface area contributed by atoms with Crippen molar-refractivity contribution in [3.8, 4) is 0 Å². The quantitative estimate of drug-likeness (QED) is 0.141. The summed E-state index contributed by atoms with van der Waals surface area (Å²) in [6.45, 7) is 0. The van der Waals surface area contributed by atoms with Crippen LogP contribution in [0.3, 0.4) is 0 Å². The van der Waals surface area contributed by atoms with E-state index in [1.807, 2.05) is 109 Å². The third-order valence-corrected chi connectivity index (χ3v) is 7.53. The van der Waals surface area contributed by atoms with Gasteiger partial charge in [-0.05, 0) is 69.6 Å². The summed E-state index contributed by atoms with van der Waals surface area (Å²) >= 11 is 0. The van der Waals surface area contributed by atoms with Crippen LogP contribution in [0.2, 0.25) is 0 Å². The van der Waals surface area contributed by atoms with Gasteiger partial charge in [-0.25, -0.2) is 0 Å². The van der Waals surface area contributed by atoms with E-state index in [1.165, 1.54) is 49.2 Å². The fourth-order valence-corrected chi connectivity index (χ4v) is 4.86. The molecular formula is C30H30MoP6. The minimum absolute atomic E-state index is 0. The molecule has 6 aromatic heterocycles. The van der Waals surface area contributed by atoms with Crippen molar-refractivity contribution in [2.24, 2.45) is 0 Å². The Morgan fingerprint density at radius 1 is 0.162 bits per heavy atom. The van der Waals surface area contributed by atoms with E-state index in [0.717, 1.165) is 0 Å². The Kier molecular flexibility index (Phi) is 31.4. The molecule has 0 saturated heterocycles. The van der Waals surface area contributed by atoms with Crippen molar-refractivity contribution in [3.63, 3.8) is 0 Å². The standard InChI is InChI=1S/6C5H5P.Mo/c6*1-2-4-6-5-3-1;/h6*1-5H;. The zero-order valence-corrected chi connectivity index (χ0v) is 27.8. The molecule has 6 heterocycles. The van der Waals surface area contributed by atoms with E-state index in [9.17, 15) is 0 Å². The Hall–Kier alpha value is -1.41. The predicted octanol–water partition coefficient (Wildman–Crippen LogP) is 13.6. The van der Waals surface area contributed by atoms with Gasteiger partial charge in [0.25, 0.3) is 0 Å². The molecule has 0 aliphatic rings. The third kappa shape index (κ3) is 30.7. The molecule has 0 aliphatic heterocycles. The molecule has 0 N–H and O–H groups in total. The second kappa shape index (κ2) is 32.6. The second-order valence-corrected chi connectivity index (χ2v) is 11.5. The molecule has 0 bridgehead atoms. The van der Waals surface area contributed by atoms with Crippen LogP contribution >= 0.6 is 49.2 Å². The van der Waals surface area contributed by atoms with Crippen LogP contribution in [-0.2, 0) is 21.1 Å². The average Bonchev–Trinajstić information content (AvgIpc) is 3.04. The summed E-state index contributed by atoms with van der Waals surface area (Å²) in [6, 6.07) is 36.7.